The lowest BCUT2D eigenvalue weighted by molar-refractivity contribution is 0.0932. The molecule has 1 aromatic heterocycles. The van der Waals surface area contributed by atoms with Crippen molar-refractivity contribution in [1.82, 2.24) is 5.32 Å². The summed E-state index contributed by atoms with van der Waals surface area (Å²) in [6.07, 6.45) is 0.744. The molecule has 1 aromatic carbocycles. The summed E-state index contributed by atoms with van der Waals surface area (Å²) < 4.78 is 13.6. The Kier molecular flexibility index (Phi) is 4.56. The van der Waals surface area contributed by atoms with Crippen molar-refractivity contribution in [1.29, 1.82) is 0 Å². The molecule has 100 valence electrons. The van der Waals surface area contributed by atoms with Crippen LogP contribution in [-0.4, -0.2) is 5.91 Å². The Morgan fingerprint density at radius 2 is 2.26 bits per heavy atom. The molecule has 1 N–H and O–H groups in total. The Morgan fingerprint density at radius 3 is 2.89 bits per heavy atom. The summed E-state index contributed by atoms with van der Waals surface area (Å²) in [5, 5.41) is 5.12. The quantitative estimate of drug-likeness (QED) is 0.889. The van der Waals surface area contributed by atoms with Crippen LogP contribution in [0, 0.1) is 5.82 Å². The van der Waals surface area contributed by atoms with E-state index in [-0.39, 0.29) is 11.6 Å². The Hall–Kier alpha value is -1.39. The van der Waals surface area contributed by atoms with Crippen LogP contribution in [0.3, 0.4) is 0 Å². The van der Waals surface area contributed by atoms with Crippen LogP contribution < -0.4 is 5.32 Å². The second-order valence-electron chi connectivity index (χ2n) is 4.07. The molecule has 0 aliphatic rings. The molecule has 2 rings (SSSR count). The normalized spacial score (nSPS) is 12.2. The van der Waals surface area contributed by atoms with E-state index in [9.17, 15) is 9.18 Å². The van der Waals surface area contributed by atoms with Crippen molar-refractivity contribution in [3.63, 3.8) is 0 Å². The SMILES string of the molecule is CCC(NC(=O)c1cc(Cl)ccc1F)c1cccs1. The van der Waals surface area contributed by atoms with Gasteiger partial charge in [-0.15, -0.1) is 11.3 Å². The van der Waals surface area contributed by atoms with Gasteiger partial charge in [-0.3, -0.25) is 4.79 Å². The molecule has 5 heteroatoms. The zero-order valence-corrected chi connectivity index (χ0v) is 11.9. The van der Waals surface area contributed by atoms with Gasteiger partial charge in [-0.1, -0.05) is 24.6 Å². The molecule has 0 radical (unpaired) electrons. The molecule has 2 aromatic rings. The summed E-state index contributed by atoms with van der Waals surface area (Å²) in [7, 11) is 0. The van der Waals surface area contributed by atoms with Gasteiger partial charge in [0.2, 0.25) is 0 Å². The third-order valence-corrected chi connectivity index (χ3v) is 3.99. The van der Waals surface area contributed by atoms with Crippen molar-refractivity contribution in [2.75, 3.05) is 0 Å². The van der Waals surface area contributed by atoms with E-state index < -0.39 is 11.7 Å². The van der Waals surface area contributed by atoms with E-state index in [0.717, 1.165) is 11.3 Å². The molecule has 0 spiro atoms. The lowest BCUT2D eigenvalue weighted by Gasteiger charge is -2.15. The first-order chi connectivity index (χ1) is 9.11. The van der Waals surface area contributed by atoms with Gasteiger partial charge in [0.05, 0.1) is 11.6 Å². The first kappa shape index (κ1) is 14.0. The van der Waals surface area contributed by atoms with Crippen molar-refractivity contribution >= 4 is 28.8 Å². The maximum Gasteiger partial charge on any atom is 0.254 e. The second-order valence-corrected chi connectivity index (χ2v) is 5.49. The van der Waals surface area contributed by atoms with Gasteiger partial charge in [-0.2, -0.15) is 0 Å². The summed E-state index contributed by atoms with van der Waals surface area (Å²) in [5.74, 6) is -1.01. The first-order valence-corrected chi connectivity index (χ1v) is 7.17. The molecule has 1 unspecified atom stereocenters. The fourth-order valence-corrected chi connectivity index (χ4v) is 2.80. The largest absolute Gasteiger partial charge is 0.344 e. The third-order valence-electron chi connectivity index (χ3n) is 2.77. The highest BCUT2D eigenvalue weighted by atomic mass is 35.5. The molecule has 0 fully saturated rings. The number of thiophene rings is 1. The van der Waals surface area contributed by atoms with Crippen LogP contribution in [0.15, 0.2) is 35.7 Å². The van der Waals surface area contributed by atoms with Crippen LogP contribution >= 0.6 is 22.9 Å². The maximum atomic E-state index is 13.6. The molecule has 2 nitrogen and oxygen atoms in total. The highest BCUT2D eigenvalue weighted by molar-refractivity contribution is 7.10. The highest BCUT2D eigenvalue weighted by Crippen LogP contribution is 2.23. The van der Waals surface area contributed by atoms with E-state index in [1.54, 1.807) is 11.3 Å². The van der Waals surface area contributed by atoms with Crippen LogP contribution in [0.2, 0.25) is 5.02 Å². The van der Waals surface area contributed by atoms with Crippen LogP contribution in [0.1, 0.15) is 34.6 Å². The number of nitrogens with one attached hydrogen (secondary N) is 1. The van der Waals surface area contributed by atoms with Crippen LogP contribution in [0.5, 0.6) is 0 Å². The summed E-state index contributed by atoms with van der Waals surface area (Å²) in [6.45, 7) is 1.97. The number of amides is 1. The van der Waals surface area contributed by atoms with Gasteiger partial charge in [0.15, 0.2) is 0 Å². The van der Waals surface area contributed by atoms with Crippen molar-refractivity contribution in [3.05, 3.63) is 57.0 Å². The maximum absolute atomic E-state index is 13.6. The predicted octanol–water partition coefficient (Wildman–Crippen LogP) is 4.42. The molecular formula is C14H13ClFNOS. The van der Waals surface area contributed by atoms with Crippen molar-refractivity contribution in [2.45, 2.75) is 19.4 Å². The van der Waals surface area contributed by atoms with Crippen molar-refractivity contribution in [3.8, 4) is 0 Å². The molecule has 0 saturated carbocycles. The number of carbonyl (C=O) groups excluding carboxylic acids is 1. The lowest BCUT2D eigenvalue weighted by Crippen LogP contribution is -2.28. The number of benzene rings is 1. The van der Waals surface area contributed by atoms with Crippen molar-refractivity contribution in [2.24, 2.45) is 0 Å². The van der Waals surface area contributed by atoms with E-state index in [1.807, 2.05) is 24.4 Å². The van der Waals surface area contributed by atoms with Crippen LogP contribution in [-0.2, 0) is 0 Å². The molecule has 1 heterocycles. The lowest BCUT2D eigenvalue weighted by atomic mass is 10.1. The molecule has 0 bridgehead atoms. The Labute approximate surface area is 120 Å². The van der Waals surface area contributed by atoms with E-state index >= 15 is 0 Å². The summed E-state index contributed by atoms with van der Waals surface area (Å²) in [6, 6.07) is 7.73. The van der Waals surface area contributed by atoms with Crippen LogP contribution in [0.4, 0.5) is 4.39 Å². The molecule has 1 amide bonds. The van der Waals surface area contributed by atoms with Gasteiger partial charge in [-0.25, -0.2) is 4.39 Å². The first-order valence-electron chi connectivity index (χ1n) is 5.91. The Balaban J connectivity index is 2.18. The highest BCUT2D eigenvalue weighted by Gasteiger charge is 2.17. The van der Waals surface area contributed by atoms with E-state index in [1.165, 1.54) is 18.2 Å². The number of hydrogen-bond donors (Lipinski definition) is 1. The molecule has 19 heavy (non-hydrogen) atoms. The average molecular weight is 298 g/mol. The zero-order chi connectivity index (χ0) is 13.8. The molecule has 1 atom stereocenters. The minimum absolute atomic E-state index is 0.0255. The topological polar surface area (TPSA) is 29.1 Å². The van der Waals surface area contributed by atoms with Gasteiger partial charge in [-0.05, 0) is 36.1 Å². The minimum Gasteiger partial charge on any atom is -0.344 e. The summed E-state index contributed by atoms with van der Waals surface area (Å²) in [5.41, 5.74) is -0.0255. The fraction of sp³-hybridized carbons (Fsp3) is 0.214. The van der Waals surface area contributed by atoms with Gasteiger partial charge >= 0.3 is 0 Å². The van der Waals surface area contributed by atoms with E-state index in [2.05, 4.69) is 5.32 Å². The number of hydrogen-bond acceptors (Lipinski definition) is 2. The predicted molar refractivity (Wildman–Crippen MR) is 76.2 cm³/mol. The summed E-state index contributed by atoms with van der Waals surface area (Å²) >= 11 is 7.35. The van der Waals surface area contributed by atoms with E-state index in [4.69, 9.17) is 11.6 Å². The van der Waals surface area contributed by atoms with Crippen molar-refractivity contribution < 1.29 is 9.18 Å². The third kappa shape index (κ3) is 3.33. The van der Waals surface area contributed by atoms with Gasteiger partial charge in [0.25, 0.3) is 5.91 Å². The van der Waals surface area contributed by atoms with E-state index in [0.29, 0.717) is 5.02 Å². The summed E-state index contributed by atoms with van der Waals surface area (Å²) in [4.78, 5) is 13.1. The number of carbonyl (C=O) groups is 1. The number of halogens is 2. The Morgan fingerprint density at radius 1 is 1.47 bits per heavy atom. The van der Waals surface area contributed by atoms with Gasteiger partial charge < -0.3 is 5.32 Å². The molecule has 0 saturated heterocycles. The number of rotatable bonds is 4. The molecule has 0 aliphatic carbocycles. The molecular weight excluding hydrogens is 285 g/mol. The monoisotopic (exact) mass is 297 g/mol. The smallest absolute Gasteiger partial charge is 0.254 e. The molecule has 0 aliphatic heterocycles. The zero-order valence-electron chi connectivity index (χ0n) is 10.3. The average Bonchev–Trinajstić information content (AvgIpc) is 2.92. The van der Waals surface area contributed by atoms with Gasteiger partial charge in [0, 0.05) is 9.90 Å². The van der Waals surface area contributed by atoms with Gasteiger partial charge in [0.1, 0.15) is 5.82 Å². The van der Waals surface area contributed by atoms with Crippen LogP contribution in [0.25, 0.3) is 0 Å². The minimum atomic E-state index is -0.567. The standard InChI is InChI=1S/C14H13ClFNOS/c1-2-12(13-4-3-7-19-13)17-14(18)10-8-9(15)5-6-11(10)16/h3-8,12H,2H2,1H3,(H,17,18). The Bertz CT molecular complexity index is 571. The second kappa shape index (κ2) is 6.17. The fourth-order valence-electron chi connectivity index (χ4n) is 1.77.